The molecule has 8 heteroatoms. The second kappa shape index (κ2) is 6.00. The Balaban J connectivity index is 2.29. The summed E-state index contributed by atoms with van der Waals surface area (Å²) >= 11 is 1.03. The third kappa shape index (κ3) is 3.17. The molecule has 0 atom stereocenters. The van der Waals surface area contributed by atoms with Crippen LogP contribution in [0.1, 0.15) is 21.2 Å². The van der Waals surface area contributed by atoms with Gasteiger partial charge in [0.15, 0.2) is 0 Å². The first-order valence-corrected chi connectivity index (χ1v) is 8.35. The van der Waals surface area contributed by atoms with Crippen LogP contribution in [-0.4, -0.2) is 32.8 Å². The normalized spacial score (nSPS) is 11.8. The Morgan fingerprint density at radius 3 is 2.67 bits per heavy atom. The lowest BCUT2D eigenvalue weighted by Crippen LogP contribution is -2.27. The second-order valence-corrected chi connectivity index (χ2v) is 7.31. The number of carbonyl (C=O) groups is 1. The number of furan rings is 1. The summed E-state index contributed by atoms with van der Waals surface area (Å²) in [6, 6.07) is 4.88. The molecule has 2 aromatic heterocycles. The molecule has 0 unspecified atom stereocenters. The van der Waals surface area contributed by atoms with Crippen LogP contribution >= 0.6 is 11.3 Å². The van der Waals surface area contributed by atoms with Gasteiger partial charge in [0.1, 0.15) is 21.3 Å². The van der Waals surface area contributed by atoms with E-state index in [0.717, 1.165) is 15.6 Å². The van der Waals surface area contributed by atoms with E-state index in [4.69, 9.17) is 4.42 Å². The van der Waals surface area contributed by atoms with Crippen molar-refractivity contribution in [1.29, 1.82) is 0 Å². The van der Waals surface area contributed by atoms with Crippen molar-refractivity contribution in [2.45, 2.75) is 18.4 Å². The molecule has 2 rings (SSSR count). The molecule has 0 aliphatic heterocycles. The first-order chi connectivity index (χ1) is 9.86. The molecule has 21 heavy (non-hydrogen) atoms. The third-order valence-corrected chi connectivity index (χ3v) is 5.73. The van der Waals surface area contributed by atoms with Crippen LogP contribution in [0, 0.1) is 6.92 Å². The molecule has 0 saturated carbocycles. The summed E-state index contributed by atoms with van der Waals surface area (Å²) in [5, 5.41) is 1.55. The van der Waals surface area contributed by atoms with Crippen molar-refractivity contribution >= 4 is 27.3 Å². The SMILES string of the molecule is COC(=O)c1sccc1S(=O)(=O)N(C)Cc1ccc(C)o1. The van der Waals surface area contributed by atoms with Crippen molar-refractivity contribution < 1.29 is 22.4 Å². The Kier molecular flexibility index (Phi) is 4.50. The van der Waals surface area contributed by atoms with Gasteiger partial charge in [-0.3, -0.25) is 0 Å². The maximum Gasteiger partial charge on any atom is 0.349 e. The van der Waals surface area contributed by atoms with Gasteiger partial charge in [-0.15, -0.1) is 11.3 Å². The van der Waals surface area contributed by atoms with E-state index < -0.39 is 16.0 Å². The van der Waals surface area contributed by atoms with Gasteiger partial charge >= 0.3 is 5.97 Å². The number of sulfonamides is 1. The van der Waals surface area contributed by atoms with Crippen LogP contribution < -0.4 is 0 Å². The highest BCUT2D eigenvalue weighted by Gasteiger charge is 2.28. The van der Waals surface area contributed by atoms with E-state index in [1.165, 1.54) is 20.2 Å². The summed E-state index contributed by atoms with van der Waals surface area (Å²) < 4.78 is 36.2. The van der Waals surface area contributed by atoms with Crippen molar-refractivity contribution in [1.82, 2.24) is 4.31 Å². The number of nitrogens with zero attached hydrogens (tertiary/aromatic N) is 1. The molecule has 0 aromatic carbocycles. The lowest BCUT2D eigenvalue weighted by atomic mass is 10.4. The van der Waals surface area contributed by atoms with Crippen LogP contribution in [-0.2, 0) is 21.3 Å². The van der Waals surface area contributed by atoms with Crippen LogP contribution in [0.3, 0.4) is 0 Å². The number of methoxy groups -OCH3 is 1. The number of aryl methyl sites for hydroxylation is 1. The smallest absolute Gasteiger partial charge is 0.349 e. The van der Waals surface area contributed by atoms with Gasteiger partial charge in [-0.2, -0.15) is 4.31 Å². The van der Waals surface area contributed by atoms with Crippen molar-refractivity contribution in [2.24, 2.45) is 0 Å². The topological polar surface area (TPSA) is 76.8 Å². The first-order valence-electron chi connectivity index (χ1n) is 6.03. The Bertz CT molecular complexity index is 744. The summed E-state index contributed by atoms with van der Waals surface area (Å²) in [5.74, 6) is 0.584. The molecule has 0 N–H and O–H groups in total. The van der Waals surface area contributed by atoms with E-state index in [1.807, 2.05) is 0 Å². The van der Waals surface area contributed by atoms with E-state index in [2.05, 4.69) is 4.74 Å². The first kappa shape index (κ1) is 15.7. The zero-order valence-electron chi connectivity index (χ0n) is 11.8. The molecule has 0 saturated heterocycles. The van der Waals surface area contributed by atoms with Crippen LogP contribution in [0.5, 0.6) is 0 Å². The number of carbonyl (C=O) groups excluding carboxylic acids is 1. The average molecular weight is 329 g/mol. The van der Waals surface area contributed by atoms with Crippen LogP contribution in [0.4, 0.5) is 0 Å². The zero-order chi connectivity index (χ0) is 15.6. The minimum atomic E-state index is -3.79. The molecule has 0 spiro atoms. The van der Waals surface area contributed by atoms with E-state index in [9.17, 15) is 13.2 Å². The van der Waals surface area contributed by atoms with E-state index in [0.29, 0.717) is 11.5 Å². The molecular weight excluding hydrogens is 314 g/mol. The summed E-state index contributed by atoms with van der Waals surface area (Å²) in [7, 11) is -1.13. The van der Waals surface area contributed by atoms with E-state index in [-0.39, 0.29) is 16.3 Å². The molecule has 0 bridgehead atoms. The monoisotopic (exact) mass is 329 g/mol. The predicted octanol–water partition coefficient (Wildman–Crippen LogP) is 2.26. The molecule has 6 nitrogen and oxygen atoms in total. The fourth-order valence-corrected chi connectivity index (χ4v) is 4.23. The summed E-state index contributed by atoms with van der Waals surface area (Å²) in [6.45, 7) is 1.87. The number of esters is 1. The number of hydrogen-bond donors (Lipinski definition) is 0. The Hall–Kier alpha value is -1.64. The molecule has 0 aliphatic carbocycles. The number of ether oxygens (including phenoxy) is 1. The van der Waals surface area contributed by atoms with Crippen molar-refractivity contribution in [2.75, 3.05) is 14.2 Å². The minimum Gasteiger partial charge on any atom is -0.465 e. The van der Waals surface area contributed by atoms with Gasteiger partial charge in [0.05, 0.1) is 13.7 Å². The highest BCUT2D eigenvalue weighted by molar-refractivity contribution is 7.89. The van der Waals surface area contributed by atoms with Gasteiger partial charge in [-0.1, -0.05) is 0 Å². The van der Waals surface area contributed by atoms with Gasteiger partial charge in [-0.05, 0) is 30.5 Å². The van der Waals surface area contributed by atoms with Gasteiger partial charge in [-0.25, -0.2) is 13.2 Å². The van der Waals surface area contributed by atoms with Gasteiger partial charge in [0.2, 0.25) is 10.0 Å². The zero-order valence-corrected chi connectivity index (χ0v) is 13.5. The van der Waals surface area contributed by atoms with Crippen LogP contribution in [0.25, 0.3) is 0 Å². The summed E-state index contributed by atoms with van der Waals surface area (Å²) in [5.41, 5.74) is 0. The molecule has 0 radical (unpaired) electrons. The van der Waals surface area contributed by atoms with Crippen molar-refractivity contribution in [3.63, 3.8) is 0 Å². The molecule has 2 heterocycles. The standard InChI is InChI=1S/C13H15NO5S2/c1-9-4-5-10(19-9)8-14(2)21(16,17)11-6-7-20-12(11)13(15)18-3/h4-7H,8H2,1-3H3. The predicted molar refractivity (Wildman–Crippen MR) is 77.8 cm³/mol. The lowest BCUT2D eigenvalue weighted by molar-refractivity contribution is 0.0602. The molecule has 2 aromatic rings. The molecule has 0 aliphatic rings. The van der Waals surface area contributed by atoms with Gasteiger partial charge < -0.3 is 9.15 Å². The number of rotatable bonds is 5. The molecule has 114 valence electrons. The average Bonchev–Trinajstić information content (AvgIpc) is 3.07. The maximum absolute atomic E-state index is 12.5. The van der Waals surface area contributed by atoms with Crippen LogP contribution in [0.15, 0.2) is 32.9 Å². The molecule has 0 amide bonds. The van der Waals surface area contributed by atoms with Gasteiger partial charge in [0.25, 0.3) is 0 Å². The van der Waals surface area contributed by atoms with Crippen molar-refractivity contribution in [3.05, 3.63) is 40.0 Å². The summed E-state index contributed by atoms with van der Waals surface area (Å²) in [6.07, 6.45) is 0. The highest BCUT2D eigenvalue weighted by Crippen LogP contribution is 2.26. The molecule has 0 fully saturated rings. The Morgan fingerprint density at radius 1 is 1.38 bits per heavy atom. The third-order valence-electron chi connectivity index (χ3n) is 2.86. The largest absolute Gasteiger partial charge is 0.465 e. The quantitative estimate of drug-likeness (QED) is 0.786. The van der Waals surface area contributed by atoms with Crippen molar-refractivity contribution in [3.8, 4) is 0 Å². The number of hydrogen-bond acceptors (Lipinski definition) is 6. The fraction of sp³-hybridized carbons (Fsp3) is 0.308. The van der Waals surface area contributed by atoms with E-state index >= 15 is 0 Å². The van der Waals surface area contributed by atoms with Gasteiger partial charge in [0, 0.05) is 7.05 Å². The molecular formula is C13H15NO5S2. The Morgan fingerprint density at radius 2 is 2.10 bits per heavy atom. The van der Waals surface area contributed by atoms with Crippen LogP contribution in [0.2, 0.25) is 0 Å². The lowest BCUT2D eigenvalue weighted by Gasteiger charge is -2.15. The second-order valence-electron chi connectivity index (χ2n) is 4.38. The number of thiophene rings is 1. The Labute approximate surface area is 127 Å². The maximum atomic E-state index is 12.5. The minimum absolute atomic E-state index is 0.0508. The summed E-state index contributed by atoms with van der Waals surface area (Å²) in [4.78, 5) is 11.6. The van der Waals surface area contributed by atoms with E-state index in [1.54, 1.807) is 24.4 Å². The highest BCUT2D eigenvalue weighted by atomic mass is 32.2. The fourth-order valence-electron chi connectivity index (χ4n) is 1.78.